The molecular weight excluding hydrogens is 470 g/mol. The summed E-state index contributed by atoms with van der Waals surface area (Å²) in [7, 11) is 1.52. The van der Waals surface area contributed by atoms with Crippen molar-refractivity contribution in [3.05, 3.63) is 94.0 Å². The monoisotopic (exact) mass is 489 g/mol. The van der Waals surface area contributed by atoms with Gasteiger partial charge in [0.15, 0.2) is 0 Å². The summed E-state index contributed by atoms with van der Waals surface area (Å²) in [6, 6.07) is 20.5. The number of carbonyl (C=O) groups is 3. The second-order valence-corrected chi connectivity index (χ2v) is 7.77. The smallest absolute Gasteiger partial charge is 0.256 e. The van der Waals surface area contributed by atoms with Gasteiger partial charge in [-0.3, -0.25) is 14.4 Å². The zero-order valence-corrected chi connectivity index (χ0v) is 18.8. The van der Waals surface area contributed by atoms with Gasteiger partial charge in [0.25, 0.3) is 11.8 Å². The average molecular weight is 490 g/mol. The zero-order chi connectivity index (χ0) is 23.1. The predicted molar refractivity (Wildman–Crippen MR) is 129 cm³/mol. The van der Waals surface area contributed by atoms with Gasteiger partial charge in [0.05, 0.1) is 23.4 Å². The number of terminal acetylenes is 1. The fourth-order valence-corrected chi connectivity index (χ4v) is 3.46. The standard InChI is InChI=1S/C25H20BrN3O3/c1-3-17-9-8-10-18(15-17)27-23(30)16-29(2)25(32)20-12-5-7-14-22(20)28-24(31)19-11-4-6-13-21(19)26/h1,4-15H,16H2,2H3,(H,27,30)(H,28,31). The molecule has 0 aliphatic heterocycles. The number of benzene rings is 3. The largest absolute Gasteiger partial charge is 0.332 e. The number of hydrogen-bond acceptors (Lipinski definition) is 3. The summed E-state index contributed by atoms with van der Waals surface area (Å²) >= 11 is 3.35. The van der Waals surface area contributed by atoms with Gasteiger partial charge in [-0.25, -0.2) is 0 Å². The summed E-state index contributed by atoms with van der Waals surface area (Å²) in [6.07, 6.45) is 5.38. The Hall–Kier alpha value is -3.89. The van der Waals surface area contributed by atoms with E-state index in [2.05, 4.69) is 32.5 Å². The fraction of sp³-hybridized carbons (Fsp3) is 0.0800. The van der Waals surface area contributed by atoms with Gasteiger partial charge in [-0.15, -0.1) is 6.42 Å². The van der Waals surface area contributed by atoms with E-state index in [-0.39, 0.29) is 23.9 Å². The van der Waals surface area contributed by atoms with Crippen LogP contribution in [0.1, 0.15) is 26.3 Å². The molecule has 0 fully saturated rings. The van der Waals surface area contributed by atoms with Crippen LogP contribution in [-0.4, -0.2) is 36.2 Å². The number of anilines is 2. The molecule has 0 atom stereocenters. The summed E-state index contributed by atoms with van der Waals surface area (Å²) < 4.78 is 0.643. The Kier molecular flexibility index (Phi) is 7.42. The molecule has 0 saturated heterocycles. The molecule has 0 aliphatic carbocycles. The minimum Gasteiger partial charge on any atom is -0.332 e. The van der Waals surface area contributed by atoms with Crippen LogP contribution >= 0.6 is 15.9 Å². The Morgan fingerprint density at radius 3 is 2.34 bits per heavy atom. The Morgan fingerprint density at radius 1 is 0.938 bits per heavy atom. The highest BCUT2D eigenvalue weighted by Crippen LogP contribution is 2.21. The summed E-state index contributed by atoms with van der Waals surface area (Å²) in [6.45, 7) is -0.175. The Balaban J connectivity index is 1.70. The normalized spacial score (nSPS) is 10.0. The number of carbonyl (C=O) groups excluding carboxylic acids is 3. The van der Waals surface area contributed by atoms with Crippen molar-refractivity contribution in [2.24, 2.45) is 0 Å². The first-order chi connectivity index (χ1) is 15.4. The number of nitrogens with zero attached hydrogens (tertiary/aromatic N) is 1. The molecule has 6 nitrogen and oxygen atoms in total. The maximum atomic E-state index is 13.0. The van der Waals surface area contributed by atoms with Crippen molar-refractivity contribution in [3.63, 3.8) is 0 Å². The van der Waals surface area contributed by atoms with Crippen LogP contribution in [0.5, 0.6) is 0 Å². The molecule has 0 radical (unpaired) electrons. The highest BCUT2D eigenvalue weighted by atomic mass is 79.9. The number of rotatable bonds is 6. The molecule has 3 aromatic rings. The summed E-state index contributed by atoms with van der Waals surface area (Å²) in [5.74, 6) is 1.38. The van der Waals surface area contributed by atoms with Gasteiger partial charge in [-0.1, -0.05) is 36.3 Å². The maximum Gasteiger partial charge on any atom is 0.256 e. The number of nitrogens with one attached hydrogen (secondary N) is 2. The third-order valence-corrected chi connectivity index (χ3v) is 5.26. The van der Waals surface area contributed by atoms with Gasteiger partial charge in [0.2, 0.25) is 5.91 Å². The van der Waals surface area contributed by atoms with Crippen molar-refractivity contribution in [2.45, 2.75) is 0 Å². The Morgan fingerprint density at radius 2 is 1.62 bits per heavy atom. The zero-order valence-electron chi connectivity index (χ0n) is 17.3. The average Bonchev–Trinajstić information content (AvgIpc) is 2.79. The lowest BCUT2D eigenvalue weighted by Gasteiger charge is -2.19. The molecule has 2 N–H and O–H groups in total. The van der Waals surface area contributed by atoms with Gasteiger partial charge in [-0.05, 0) is 58.4 Å². The number of para-hydroxylation sites is 1. The van der Waals surface area contributed by atoms with Gasteiger partial charge in [0.1, 0.15) is 0 Å². The molecule has 0 heterocycles. The van der Waals surface area contributed by atoms with Crippen LogP contribution in [0.3, 0.4) is 0 Å². The van der Waals surface area contributed by atoms with Crippen LogP contribution in [0.25, 0.3) is 0 Å². The van der Waals surface area contributed by atoms with E-state index in [4.69, 9.17) is 6.42 Å². The molecule has 0 aliphatic rings. The molecule has 160 valence electrons. The maximum absolute atomic E-state index is 13.0. The van der Waals surface area contributed by atoms with Crippen LogP contribution in [0.4, 0.5) is 11.4 Å². The highest BCUT2D eigenvalue weighted by molar-refractivity contribution is 9.10. The Bertz CT molecular complexity index is 1220. The van der Waals surface area contributed by atoms with Gasteiger partial charge >= 0.3 is 0 Å². The van der Waals surface area contributed by atoms with Gasteiger partial charge < -0.3 is 15.5 Å². The molecule has 0 saturated carbocycles. The van der Waals surface area contributed by atoms with E-state index in [1.165, 1.54) is 11.9 Å². The second-order valence-electron chi connectivity index (χ2n) is 6.91. The van der Waals surface area contributed by atoms with Crippen molar-refractivity contribution >= 4 is 45.0 Å². The van der Waals surface area contributed by atoms with Crippen molar-refractivity contribution in [3.8, 4) is 12.3 Å². The van der Waals surface area contributed by atoms with Crippen LogP contribution in [0.2, 0.25) is 0 Å². The summed E-state index contributed by atoms with van der Waals surface area (Å²) in [4.78, 5) is 39.4. The SMILES string of the molecule is C#Cc1cccc(NC(=O)CN(C)C(=O)c2ccccc2NC(=O)c2ccccc2Br)c1. The van der Waals surface area contributed by atoms with Gasteiger partial charge in [0, 0.05) is 22.8 Å². The predicted octanol–water partition coefficient (Wildman–Crippen LogP) is 4.39. The summed E-state index contributed by atoms with van der Waals surface area (Å²) in [5.41, 5.74) is 2.26. The van der Waals surface area contributed by atoms with Crippen molar-refractivity contribution in [1.29, 1.82) is 0 Å². The third-order valence-electron chi connectivity index (χ3n) is 4.56. The first-order valence-corrected chi connectivity index (χ1v) is 10.4. The van der Waals surface area contributed by atoms with E-state index in [0.717, 1.165) is 0 Å². The van der Waals surface area contributed by atoms with Crippen LogP contribution in [-0.2, 0) is 4.79 Å². The van der Waals surface area contributed by atoms with E-state index in [1.807, 2.05) is 0 Å². The molecule has 3 aromatic carbocycles. The lowest BCUT2D eigenvalue weighted by molar-refractivity contribution is -0.116. The van der Waals surface area contributed by atoms with E-state index < -0.39 is 5.91 Å². The second kappa shape index (κ2) is 10.4. The summed E-state index contributed by atoms with van der Waals surface area (Å²) in [5, 5.41) is 5.50. The lowest BCUT2D eigenvalue weighted by Crippen LogP contribution is -2.35. The van der Waals surface area contributed by atoms with Crippen molar-refractivity contribution < 1.29 is 14.4 Å². The topological polar surface area (TPSA) is 78.5 Å². The van der Waals surface area contributed by atoms with Gasteiger partial charge in [-0.2, -0.15) is 0 Å². The van der Waals surface area contributed by atoms with E-state index in [0.29, 0.717) is 27.0 Å². The molecular formula is C25H20BrN3O3. The molecule has 3 amide bonds. The molecule has 0 bridgehead atoms. The van der Waals surface area contributed by atoms with E-state index in [9.17, 15) is 14.4 Å². The minimum atomic E-state index is -0.402. The van der Waals surface area contributed by atoms with E-state index in [1.54, 1.807) is 72.8 Å². The molecule has 32 heavy (non-hydrogen) atoms. The number of likely N-dealkylation sites (N-methyl/N-ethyl adjacent to an activating group) is 1. The molecule has 0 aromatic heterocycles. The number of hydrogen-bond donors (Lipinski definition) is 2. The van der Waals surface area contributed by atoms with E-state index >= 15 is 0 Å². The molecule has 0 spiro atoms. The quantitative estimate of drug-likeness (QED) is 0.503. The first-order valence-electron chi connectivity index (χ1n) is 9.66. The fourth-order valence-electron chi connectivity index (χ4n) is 2.99. The Labute approximate surface area is 194 Å². The van der Waals surface area contributed by atoms with Crippen LogP contribution in [0.15, 0.2) is 77.3 Å². The number of halogens is 1. The van der Waals surface area contributed by atoms with Crippen LogP contribution in [0, 0.1) is 12.3 Å². The molecule has 0 unspecified atom stereocenters. The third kappa shape index (κ3) is 5.62. The number of amides is 3. The first kappa shape index (κ1) is 22.8. The molecule has 3 rings (SSSR count). The lowest BCUT2D eigenvalue weighted by atomic mass is 10.1. The van der Waals surface area contributed by atoms with Crippen molar-refractivity contribution in [1.82, 2.24) is 4.90 Å². The van der Waals surface area contributed by atoms with Crippen molar-refractivity contribution in [2.75, 3.05) is 24.2 Å². The minimum absolute atomic E-state index is 0.175. The van der Waals surface area contributed by atoms with Crippen LogP contribution < -0.4 is 10.6 Å². The highest BCUT2D eigenvalue weighted by Gasteiger charge is 2.20. The molecule has 7 heteroatoms.